The van der Waals surface area contributed by atoms with Crippen molar-refractivity contribution < 1.29 is 0 Å². The van der Waals surface area contributed by atoms with Crippen molar-refractivity contribution in [1.29, 1.82) is 0 Å². The molecule has 2 nitrogen and oxygen atoms in total. The van der Waals surface area contributed by atoms with Gasteiger partial charge in [-0.3, -0.25) is 4.98 Å². The van der Waals surface area contributed by atoms with Crippen LogP contribution in [0.15, 0.2) is 30.5 Å². The van der Waals surface area contributed by atoms with E-state index in [1.165, 1.54) is 0 Å². The highest BCUT2D eigenvalue weighted by molar-refractivity contribution is 5.38. The Morgan fingerprint density at radius 2 is 2.08 bits per heavy atom. The molecule has 0 saturated carbocycles. The number of nitrogens with two attached hydrogens (primary N) is 1. The Bertz CT molecular complexity index is 296. The van der Waals surface area contributed by atoms with Gasteiger partial charge in [0.15, 0.2) is 0 Å². The fourth-order valence-electron chi connectivity index (χ4n) is 1.55. The molecule has 2 heteroatoms. The molecule has 0 saturated heterocycles. The number of anilines is 1. The molecule has 2 rings (SSSR count). The minimum Gasteiger partial charge on any atom is -0.399 e. The summed E-state index contributed by atoms with van der Waals surface area (Å²) in [6, 6.07) is 3.80. The molecule has 0 fully saturated rings. The molecule has 0 aliphatic heterocycles. The lowest BCUT2D eigenvalue weighted by Gasteiger charge is -2.07. The zero-order valence-electron chi connectivity index (χ0n) is 6.90. The van der Waals surface area contributed by atoms with Crippen molar-refractivity contribution in [3.8, 4) is 0 Å². The molecule has 1 aliphatic carbocycles. The zero-order chi connectivity index (χ0) is 8.39. The minimum atomic E-state index is 0.563. The molecule has 62 valence electrons. The molecular weight excluding hydrogens is 148 g/mol. The molecule has 1 aromatic heterocycles. The average molecular weight is 160 g/mol. The summed E-state index contributed by atoms with van der Waals surface area (Å²) in [4.78, 5) is 4.30. The topological polar surface area (TPSA) is 38.9 Å². The molecule has 0 radical (unpaired) electrons. The summed E-state index contributed by atoms with van der Waals surface area (Å²) in [5.41, 5.74) is 7.60. The highest BCUT2D eigenvalue weighted by Crippen LogP contribution is 2.28. The summed E-state index contributed by atoms with van der Waals surface area (Å²) in [6.45, 7) is 0. The van der Waals surface area contributed by atoms with E-state index < -0.39 is 0 Å². The third-order valence-electron chi connectivity index (χ3n) is 2.23. The number of nitrogen functional groups attached to an aromatic ring is 1. The van der Waals surface area contributed by atoms with E-state index in [0.29, 0.717) is 5.92 Å². The van der Waals surface area contributed by atoms with Gasteiger partial charge in [-0.05, 0) is 25.0 Å². The lowest BCUT2D eigenvalue weighted by atomic mass is 10.0. The third kappa shape index (κ3) is 1.33. The number of aromatic nitrogens is 1. The Labute approximate surface area is 72.1 Å². The summed E-state index contributed by atoms with van der Waals surface area (Å²) in [7, 11) is 0. The fraction of sp³-hybridized carbons (Fsp3) is 0.300. The highest BCUT2D eigenvalue weighted by atomic mass is 14.7. The SMILES string of the molecule is Nc1ccnc(C2CC=CC2)c1. The molecule has 1 aromatic rings. The maximum atomic E-state index is 5.67. The van der Waals surface area contributed by atoms with Gasteiger partial charge in [0.1, 0.15) is 0 Å². The van der Waals surface area contributed by atoms with Crippen LogP contribution in [0.25, 0.3) is 0 Å². The first-order valence-corrected chi connectivity index (χ1v) is 4.22. The van der Waals surface area contributed by atoms with Gasteiger partial charge in [0.2, 0.25) is 0 Å². The van der Waals surface area contributed by atoms with Crippen molar-refractivity contribution in [3.63, 3.8) is 0 Å². The quantitative estimate of drug-likeness (QED) is 0.639. The number of hydrogen-bond donors (Lipinski definition) is 1. The monoisotopic (exact) mass is 160 g/mol. The van der Waals surface area contributed by atoms with E-state index in [2.05, 4.69) is 17.1 Å². The Kier molecular flexibility index (Phi) is 1.82. The van der Waals surface area contributed by atoms with Gasteiger partial charge in [0, 0.05) is 23.5 Å². The molecule has 0 aromatic carbocycles. The standard InChI is InChI=1S/C10H12N2/c11-9-5-6-12-10(7-9)8-3-1-2-4-8/h1-2,5-8H,3-4H2,(H2,11,12). The van der Waals surface area contributed by atoms with Crippen molar-refractivity contribution in [1.82, 2.24) is 4.98 Å². The minimum absolute atomic E-state index is 0.563. The second-order valence-electron chi connectivity index (χ2n) is 3.15. The Hall–Kier alpha value is -1.31. The number of allylic oxidation sites excluding steroid dienone is 2. The van der Waals surface area contributed by atoms with Crippen molar-refractivity contribution >= 4 is 5.69 Å². The van der Waals surface area contributed by atoms with Crippen LogP contribution in [-0.2, 0) is 0 Å². The van der Waals surface area contributed by atoms with Crippen molar-refractivity contribution in [2.24, 2.45) is 0 Å². The van der Waals surface area contributed by atoms with Gasteiger partial charge in [0.05, 0.1) is 0 Å². The first kappa shape index (κ1) is 7.35. The lowest BCUT2D eigenvalue weighted by Crippen LogP contribution is -1.97. The smallest absolute Gasteiger partial charge is 0.0461 e. The van der Waals surface area contributed by atoms with Crippen LogP contribution < -0.4 is 5.73 Å². The van der Waals surface area contributed by atoms with Crippen LogP contribution >= 0.6 is 0 Å². The fourth-order valence-corrected chi connectivity index (χ4v) is 1.55. The van der Waals surface area contributed by atoms with Gasteiger partial charge < -0.3 is 5.73 Å². The predicted molar refractivity (Wildman–Crippen MR) is 49.8 cm³/mol. The second kappa shape index (κ2) is 2.97. The van der Waals surface area contributed by atoms with E-state index in [-0.39, 0.29) is 0 Å². The number of pyridine rings is 1. The van der Waals surface area contributed by atoms with Crippen LogP contribution in [0, 0.1) is 0 Å². The van der Waals surface area contributed by atoms with E-state index in [1.54, 1.807) is 6.20 Å². The average Bonchev–Trinajstić information content (AvgIpc) is 2.56. The number of hydrogen-bond acceptors (Lipinski definition) is 2. The summed E-state index contributed by atoms with van der Waals surface area (Å²) < 4.78 is 0. The Balaban J connectivity index is 2.22. The summed E-state index contributed by atoms with van der Waals surface area (Å²) >= 11 is 0. The molecule has 0 spiro atoms. The molecule has 0 bridgehead atoms. The number of rotatable bonds is 1. The van der Waals surface area contributed by atoms with E-state index in [0.717, 1.165) is 24.2 Å². The van der Waals surface area contributed by atoms with Crippen molar-refractivity contribution in [3.05, 3.63) is 36.2 Å². The predicted octanol–water partition coefficient (Wildman–Crippen LogP) is 2.10. The van der Waals surface area contributed by atoms with Gasteiger partial charge in [-0.25, -0.2) is 0 Å². The van der Waals surface area contributed by atoms with Crippen LogP contribution in [0.4, 0.5) is 5.69 Å². The van der Waals surface area contributed by atoms with Gasteiger partial charge in [0.25, 0.3) is 0 Å². The van der Waals surface area contributed by atoms with E-state index in [9.17, 15) is 0 Å². The van der Waals surface area contributed by atoms with Crippen LogP contribution in [0.1, 0.15) is 24.5 Å². The van der Waals surface area contributed by atoms with Gasteiger partial charge in [-0.2, -0.15) is 0 Å². The Morgan fingerprint density at radius 1 is 1.33 bits per heavy atom. The molecule has 1 aliphatic rings. The van der Waals surface area contributed by atoms with Gasteiger partial charge in [-0.1, -0.05) is 12.2 Å². The molecule has 2 N–H and O–H groups in total. The molecule has 0 atom stereocenters. The van der Waals surface area contributed by atoms with Crippen LogP contribution in [0.3, 0.4) is 0 Å². The second-order valence-corrected chi connectivity index (χ2v) is 3.15. The first-order valence-electron chi connectivity index (χ1n) is 4.22. The Morgan fingerprint density at radius 3 is 2.75 bits per heavy atom. The molecule has 12 heavy (non-hydrogen) atoms. The maximum absolute atomic E-state index is 5.67. The summed E-state index contributed by atoms with van der Waals surface area (Å²) in [5, 5.41) is 0. The van der Waals surface area contributed by atoms with Crippen molar-refractivity contribution in [2.75, 3.05) is 5.73 Å². The number of nitrogens with zero attached hydrogens (tertiary/aromatic N) is 1. The summed E-state index contributed by atoms with van der Waals surface area (Å²) in [5.74, 6) is 0.563. The molecule has 0 amide bonds. The maximum Gasteiger partial charge on any atom is 0.0461 e. The third-order valence-corrected chi connectivity index (χ3v) is 2.23. The lowest BCUT2D eigenvalue weighted by molar-refractivity contribution is 0.725. The van der Waals surface area contributed by atoms with Crippen LogP contribution in [0.2, 0.25) is 0 Å². The van der Waals surface area contributed by atoms with Crippen LogP contribution in [-0.4, -0.2) is 4.98 Å². The largest absolute Gasteiger partial charge is 0.399 e. The van der Waals surface area contributed by atoms with E-state index in [1.807, 2.05) is 12.1 Å². The van der Waals surface area contributed by atoms with Crippen molar-refractivity contribution in [2.45, 2.75) is 18.8 Å². The first-order chi connectivity index (χ1) is 5.86. The zero-order valence-corrected chi connectivity index (χ0v) is 6.90. The molecule has 1 heterocycles. The highest BCUT2D eigenvalue weighted by Gasteiger charge is 2.13. The molecule has 0 unspecified atom stereocenters. The van der Waals surface area contributed by atoms with E-state index in [4.69, 9.17) is 5.73 Å². The molecular formula is C10H12N2. The summed E-state index contributed by atoms with van der Waals surface area (Å²) in [6.07, 6.45) is 8.40. The van der Waals surface area contributed by atoms with Crippen LogP contribution in [0.5, 0.6) is 0 Å². The van der Waals surface area contributed by atoms with E-state index >= 15 is 0 Å². The van der Waals surface area contributed by atoms with Gasteiger partial charge in [-0.15, -0.1) is 0 Å². The van der Waals surface area contributed by atoms with Gasteiger partial charge >= 0.3 is 0 Å². The normalized spacial score (nSPS) is 17.0.